The number of aliphatic hydroxyl groups is 1. The van der Waals surface area contributed by atoms with E-state index in [0.29, 0.717) is 31.9 Å². The molecule has 1 aromatic rings. The Kier molecular flexibility index (Phi) is 8.26. The summed E-state index contributed by atoms with van der Waals surface area (Å²) < 4.78 is 11.6. The average Bonchev–Trinajstić information content (AvgIpc) is 2.81. The normalized spacial score (nSPS) is 23.3. The van der Waals surface area contributed by atoms with Gasteiger partial charge in [-0.2, -0.15) is 0 Å². The number of allylic oxidation sites excluding steroid dienone is 1. The van der Waals surface area contributed by atoms with Crippen LogP contribution in [0.2, 0.25) is 0 Å². The molecule has 8 heteroatoms. The number of likely N-dealkylation sites (N-methyl/N-ethyl adjacent to an activating group) is 1. The Balaban J connectivity index is 1.88. The number of aromatic nitrogens is 1. The molecule has 0 aliphatic carbocycles. The number of hydrogen-bond donors (Lipinski definition) is 1. The summed E-state index contributed by atoms with van der Waals surface area (Å²) in [5, 5.41) is 9.75. The molecule has 1 saturated heterocycles. The summed E-state index contributed by atoms with van der Waals surface area (Å²) in [6.45, 7) is 7.63. The van der Waals surface area contributed by atoms with Crippen LogP contribution in [0.3, 0.4) is 0 Å². The summed E-state index contributed by atoms with van der Waals surface area (Å²) in [5.74, 6) is 0.0561. The summed E-state index contributed by atoms with van der Waals surface area (Å²) in [6.07, 6.45) is 6.56. The van der Waals surface area contributed by atoms with Gasteiger partial charge in [0, 0.05) is 44.8 Å². The second-order valence-corrected chi connectivity index (χ2v) is 8.85. The zero-order chi connectivity index (χ0) is 23.3. The molecule has 0 spiro atoms. The van der Waals surface area contributed by atoms with Gasteiger partial charge in [0.25, 0.3) is 5.91 Å². The fourth-order valence-electron chi connectivity index (χ4n) is 4.24. The van der Waals surface area contributed by atoms with Gasteiger partial charge in [-0.25, -0.2) is 4.98 Å². The van der Waals surface area contributed by atoms with Gasteiger partial charge in [-0.05, 0) is 38.3 Å². The average molecular weight is 446 g/mol. The monoisotopic (exact) mass is 445 g/mol. The predicted octanol–water partition coefficient (Wildman–Crippen LogP) is 2.22. The van der Waals surface area contributed by atoms with Crippen LogP contribution in [-0.4, -0.2) is 83.8 Å². The molecule has 8 nitrogen and oxygen atoms in total. The Morgan fingerprint density at radius 1 is 1.41 bits per heavy atom. The minimum absolute atomic E-state index is 0.0288. The quantitative estimate of drug-likeness (QED) is 0.722. The van der Waals surface area contributed by atoms with Crippen LogP contribution in [0.15, 0.2) is 18.3 Å². The van der Waals surface area contributed by atoms with E-state index < -0.39 is 0 Å². The molecule has 1 aromatic heterocycles. The van der Waals surface area contributed by atoms with Gasteiger partial charge in [0.15, 0.2) is 0 Å². The third-order valence-electron chi connectivity index (χ3n) is 6.30. The van der Waals surface area contributed by atoms with Gasteiger partial charge < -0.3 is 24.4 Å². The van der Waals surface area contributed by atoms with Crippen LogP contribution in [0.25, 0.3) is 6.08 Å². The standard InChI is InChI=1S/C24H35N3O5/c1-5-6-18-11-20-22(25-12-18)32-21(16(2)13-27(24(20)30)17(3)15-28)14-26(4)23(29)19-7-9-31-10-8-19/h5-6,11-12,16-17,19,21,28H,7-10,13-15H2,1-4H3/b6-5+/t16-,17-,21+/m0/s1. The summed E-state index contributed by atoms with van der Waals surface area (Å²) in [7, 11) is 1.80. The summed E-state index contributed by atoms with van der Waals surface area (Å²) in [6, 6.07) is 1.43. The van der Waals surface area contributed by atoms with Crippen LogP contribution in [0.1, 0.15) is 49.5 Å². The smallest absolute Gasteiger partial charge is 0.259 e. The number of pyridine rings is 1. The van der Waals surface area contributed by atoms with E-state index in [1.165, 1.54) is 0 Å². The number of fused-ring (bicyclic) bond motifs is 1. The molecule has 2 aliphatic heterocycles. The number of carbonyl (C=O) groups is 2. The second-order valence-electron chi connectivity index (χ2n) is 8.85. The zero-order valence-corrected chi connectivity index (χ0v) is 19.5. The van der Waals surface area contributed by atoms with Gasteiger partial charge in [-0.3, -0.25) is 9.59 Å². The fraction of sp³-hybridized carbons (Fsp3) is 0.625. The Hall–Kier alpha value is -2.45. The highest BCUT2D eigenvalue weighted by Gasteiger charge is 2.35. The van der Waals surface area contributed by atoms with Crippen molar-refractivity contribution in [1.82, 2.24) is 14.8 Å². The molecule has 3 atom stereocenters. The van der Waals surface area contributed by atoms with E-state index in [4.69, 9.17) is 9.47 Å². The van der Waals surface area contributed by atoms with Crippen molar-refractivity contribution in [3.63, 3.8) is 0 Å². The highest BCUT2D eigenvalue weighted by molar-refractivity contribution is 5.97. The molecule has 0 bridgehead atoms. The van der Waals surface area contributed by atoms with E-state index in [1.807, 2.05) is 32.9 Å². The maximum atomic E-state index is 13.3. The van der Waals surface area contributed by atoms with Crippen molar-refractivity contribution >= 4 is 17.9 Å². The summed E-state index contributed by atoms with van der Waals surface area (Å²) >= 11 is 0. The molecule has 0 aromatic carbocycles. The number of rotatable bonds is 6. The van der Waals surface area contributed by atoms with Crippen molar-refractivity contribution in [1.29, 1.82) is 0 Å². The van der Waals surface area contributed by atoms with Gasteiger partial charge in [-0.15, -0.1) is 0 Å². The molecule has 3 heterocycles. The Bertz CT molecular complexity index is 837. The largest absolute Gasteiger partial charge is 0.472 e. The third kappa shape index (κ3) is 5.48. The molecule has 2 amide bonds. The highest BCUT2D eigenvalue weighted by Crippen LogP contribution is 2.28. The second kappa shape index (κ2) is 10.9. The number of aliphatic hydroxyl groups excluding tert-OH is 1. The molecule has 176 valence electrons. The summed E-state index contributed by atoms with van der Waals surface area (Å²) in [4.78, 5) is 34.1. The van der Waals surface area contributed by atoms with Crippen LogP contribution < -0.4 is 4.74 Å². The lowest BCUT2D eigenvalue weighted by molar-refractivity contribution is -0.138. The fourth-order valence-corrected chi connectivity index (χ4v) is 4.24. The number of ether oxygens (including phenoxy) is 2. The predicted molar refractivity (Wildman–Crippen MR) is 121 cm³/mol. The highest BCUT2D eigenvalue weighted by atomic mass is 16.5. The maximum Gasteiger partial charge on any atom is 0.259 e. The van der Waals surface area contributed by atoms with E-state index in [0.717, 1.165) is 18.4 Å². The summed E-state index contributed by atoms with van der Waals surface area (Å²) in [5.41, 5.74) is 1.17. The van der Waals surface area contributed by atoms with Crippen LogP contribution in [0, 0.1) is 11.8 Å². The third-order valence-corrected chi connectivity index (χ3v) is 6.30. The van der Waals surface area contributed by atoms with E-state index in [1.54, 1.807) is 29.1 Å². The van der Waals surface area contributed by atoms with Crippen molar-refractivity contribution < 1.29 is 24.2 Å². The van der Waals surface area contributed by atoms with Gasteiger partial charge in [0.2, 0.25) is 11.8 Å². The van der Waals surface area contributed by atoms with Gasteiger partial charge in [-0.1, -0.05) is 19.1 Å². The van der Waals surface area contributed by atoms with E-state index >= 15 is 0 Å². The molecule has 32 heavy (non-hydrogen) atoms. The zero-order valence-electron chi connectivity index (χ0n) is 19.5. The first kappa shape index (κ1) is 24.2. The van der Waals surface area contributed by atoms with Crippen LogP contribution in [0.5, 0.6) is 5.88 Å². The Labute approximate surface area is 190 Å². The molecule has 1 fully saturated rings. The Morgan fingerprint density at radius 3 is 2.78 bits per heavy atom. The minimum Gasteiger partial charge on any atom is -0.472 e. The van der Waals surface area contributed by atoms with E-state index in [9.17, 15) is 14.7 Å². The maximum absolute atomic E-state index is 13.3. The lowest BCUT2D eigenvalue weighted by Crippen LogP contribution is -2.51. The van der Waals surface area contributed by atoms with Gasteiger partial charge in [0.1, 0.15) is 11.7 Å². The van der Waals surface area contributed by atoms with Crippen LogP contribution in [0.4, 0.5) is 0 Å². The molecule has 0 radical (unpaired) electrons. The van der Waals surface area contributed by atoms with E-state index in [-0.39, 0.29) is 48.3 Å². The Morgan fingerprint density at radius 2 is 2.12 bits per heavy atom. The molecule has 3 rings (SSSR count). The first-order valence-corrected chi connectivity index (χ1v) is 11.4. The van der Waals surface area contributed by atoms with Gasteiger partial charge in [0.05, 0.1) is 19.2 Å². The van der Waals surface area contributed by atoms with Crippen LogP contribution >= 0.6 is 0 Å². The molecular formula is C24H35N3O5. The van der Waals surface area contributed by atoms with Gasteiger partial charge >= 0.3 is 0 Å². The molecule has 2 aliphatic rings. The minimum atomic E-state index is -0.344. The van der Waals surface area contributed by atoms with Crippen molar-refractivity contribution in [2.45, 2.75) is 45.8 Å². The number of nitrogens with zero attached hydrogens (tertiary/aromatic N) is 3. The van der Waals surface area contributed by atoms with Crippen LogP contribution in [-0.2, 0) is 9.53 Å². The SMILES string of the molecule is C/C=C/c1cnc2c(c1)C(=O)N([C@@H](C)CO)C[C@H](C)[C@@H](CN(C)C(=O)C1CCOCC1)O2. The lowest BCUT2D eigenvalue weighted by atomic mass is 9.97. The molecule has 0 saturated carbocycles. The first-order chi connectivity index (χ1) is 15.3. The number of carbonyl (C=O) groups excluding carboxylic acids is 2. The first-order valence-electron chi connectivity index (χ1n) is 11.4. The van der Waals surface area contributed by atoms with Crippen molar-refractivity contribution in [2.24, 2.45) is 11.8 Å². The lowest BCUT2D eigenvalue weighted by Gasteiger charge is -2.38. The van der Waals surface area contributed by atoms with Crippen molar-refractivity contribution in [2.75, 3.05) is 40.0 Å². The van der Waals surface area contributed by atoms with Crippen molar-refractivity contribution in [3.05, 3.63) is 29.5 Å². The van der Waals surface area contributed by atoms with E-state index in [2.05, 4.69) is 4.98 Å². The molecular weight excluding hydrogens is 410 g/mol. The number of amides is 2. The molecule has 0 unspecified atom stereocenters. The molecule has 1 N–H and O–H groups in total. The number of hydrogen-bond acceptors (Lipinski definition) is 6. The van der Waals surface area contributed by atoms with Crippen molar-refractivity contribution in [3.8, 4) is 5.88 Å². The topological polar surface area (TPSA) is 92.2 Å².